The van der Waals surface area contributed by atoms with Crippen molar-refractivity contribution < 1.29 is 9.21 Å². The second kappa shape index (κ2) is 7.91. The molecular formula is C16H15N5O5S. The predicted octanol–water partition coefficient (Wildman–Crippen LogP) is 0.300. The van der Waals surface area contributed by atoms with Crippen molar-refractivity contribution in [2.45, 2.75) is 18.6 Å². The fourth-order valence-corrected chi connectivity index (χ4v) is 2.99. The number of amides is 1. The average molecular weight is 389 g/mol. The van der Waals surface area contributed by atoms with Gasteiger partial charge in [0.05, 0.1) is 18.6 Å². The summed E-state index contributed by atoms with van der Waals surface area (Å²) in [5.74, 6) is -0.0249. The van der Waals surface area contributed by atoms with E-state index < -0.39 is 17.2 Å². The molecule has 0 spiro atoms. The van der Waals surface area contributed by atoms with Gasteiger partial charge in [-0.25, -0.2) is 9.78 Å². The molecule has 3 rings (SSSR count). The van der Waals surface area contributed by atoms with Crippen LogP contribution in [-0.2, 0) is 11.3 Å². The van der Waals surface area contributed by atoms with Gasteiger partial charge in [-0.3, -0.25) is 23.9 Å². The van der Waals surface area contributed by atoms with Gasteiger partial charge in [-0.15, -0.1) is 0 Å². The summed E-state index contributed by atoms with van der Waals surface area (Å²) < 4.78 is 6.38. The van der Waals surface area contributed by atoms with E-state index in [1.165, 1.54) is 16.9 Å². The molecule has 0 aromatic carbocycles. The zero-order chi connectivity index (χ0) is 19.4. The minimum Gasteiger partial charge on any atom is -0.467 e. The molecule has 0 aliphatic heterocycles. The van der Waals surface area contributed by atoms with E-state index in [4.69, 9.17) is 4.42 Å². The molecule has 0 saturated carbocycles. The molecule has 0 atom stereocenters. The van der Waals surface area contributed by atoms with E-state index in [1.807, 2.05) is 0 Å². The molecule has 0 fully saturated rings. The molecule has 0 saturated heterocycles. The fraction of sp³-hybridized carbons (Fsp3) is 0.188. The van der Waals surface area contributed by atoms with Gasteiger partial charge in [0.15, 0.2) is 5.16 Å². The minimum atomic E-state index is -0.675. The third-order valence-electron chi connectivity index (χ3n) is 3.38. The lowest BCUT2D eigenvalue weighted by Gasteiger charge is -2.11. The van der Waals surface area contributed by atoms with Crippen LogP contribution >= 0.6 is 11.8 Å². The predicted molar refractivity (Wildman–Crippen MR) is 98.1 cm³/mol. The summed E-state index contributed by atoms with van der Waals surface area (Å²) in [7, 11) is 0. The largest absolute Gasteiger partial charge is 0.467 e. The second-order valence-electron chi connectivity index (χ2n) is 5.52. The third-order valence-corrected chi connectivity index (χ3v) is 4.26. The molecule has 27 heavy (non-hydrogen) atoms. The Labute approximate surface area is 155 Å². The highest BCUT2D eigenvalue weighted by molar-refractivity contribution is 7.99. The molecule has 11 heteroatoms. The van der Waals surface area contributed by atoms with Crippen LogP contribution in [0.5, 0.6) is 0 Å². The van der Waals surface area contributed by atoms with Crippen molar-refractivity contribution in [3.63, 3.8) is 0 Å². The smallest absolute Gasteiger partial charge is 0.330 e. The number of furan rings is 1. The van der Waals surface area contributed by atoms with Gasteiger partial charge in [0.25, 0.3) is 11.1 Å². The molecule has 3 N–H and O–H groups in total. The number of thioether (sulfide) groups is 1. The van der Waals surface area contributed by atoms with Crippen LogP contribution in [0.25, 0.3) is 0 Å². The molecule has 10 nitrogen and oxygen atoms in total. The Morgan fingerprint density at radius 3 is 2.74 bits per heavy atom. The molecule has 0 unspecified atom stereocenters. The molecule has 0 aliphatic rings. The van der Waals surface area contributed by atoms with Crippen molar-refractivity contribution in [3.05, 3.63) is 73.2 Å². The van der Waals surface area contributed by atoms with Gasteiger partial charge in [0.2, 0.25) is 5.91 Å². The first-order valence-corrected chi connectivity index (χ1v) is 8.76. The zero-order valence-electron chi connectivity index (χ0n) is 14.1. The van der Waals surface area contributed by atoms with Crippen LogP contribution in [0.3, 0.4) is 0 Å². The summed E-state index contributed by atoms with van der Waals surface area (Å²) in [6, 6.07) is 5.78. The Balaban J connectivity index is 1.76. The van der Waals surface area contributed by atoms with Gasteiger partial charge >= 0.3 is 5.69 Å². The van der Waals surface area contributed by atoms with Gasteiger partial charge in [-0.05, 0) is 19.1 Å². The SMILES string of the molecule is Cc1cc(=O)[nH]c(SCC(=O)Nc2cc(=O)[nH]c(=O)n2Cc2ccco2)n1. The van der Waals surface area contributed by atoms with Crippen molar-refractivity contribution >= 4 is 23.5 Å². The number of aryl methyl sites for hydroxylation is 1. The van der Waals surface area contributed by atoms with Crippen LogP contribution in [-0.4, -0.2) is 31.2 Å². The number of anilines is 1. The van der Waals surface area contributed by atoms with E-state index in [1.54, 1.807) is 19.1 Å². The van der Waals surface area contributed by atoms with E-state index in [0.717, 1.165) is 17.8 Å². The Kier molecular flexibility index (Phi) is 5.41. The van der Waals surface area contributed by atoms with Crippen molar-refractivity contribution in [3.8, 4) is 0 Å². The number of aromatic amines is 2. The number of carbonyl (C=O) groups is 1. The van der Waals surface area contributed by atoms with Crippen molar-refractivity contribution in [2.75, 3.05) is 11.1 Å². The number of nitrogens with one attached hydrogen (secondary N) is 3. The van der Waals surface area contributed by atoms with Crippen LogP contribution in [0.15, 0.2) is 54.5 Å². The third kappa shape index (κ3) is 4.85. The molecule has 140 valence electrons. The van der Waals surface area contributed by atoms with Crippen LogP contribution in [0.4, 0.5) is 5.82 Å². The number of nitrogens with zero attached hydrogens (tertiary/aromatic N) is 2. The number of carbonyl (C=O) groups excluding carboxylic acids is 1. The average Bonchev–Trinajstić information content (AvgIpc) is 3.08. The Hall–Kier alpha value is -3.34. The number of rotatable bonds is 6. The molecule has 0 radical (unpaired) electrons. The number of H-pyrrole nitrogens is 2. The quantitative estimate of drug-likeness (QED) is 0.406. The number of hydrogen-bond donors (Lipinski definition) is 3. The van der Waals surface area contributed by atoms with Gasteiger partial charge in [0.1, 0.15) is 11.6 Å². The van der Waals surface area contributed by atoms with E-state index >= 15 is 0 Å². The number of hydrogen-bond acceptors (Lipinski definition) is 7. The van der Waals surface area contributed by atoms with E-state index in [9.17, 15) is 19.2 Å². The van der Waals surface area contributed by atoms with Gasteiger partial charge < -0.3 is 14.7 Å². The topological polar surface area (TPSA) is 143 Å². The molecule has 3 aromatic heterocycles. The monoisotopic (exact) mass is 389 g/mol. The maximum absolute atomic E-state index is 12.2. The molecule has 0 aliphatic carbocycles. The molecule has 3 heterocycles. The highest BCUT2D eigenvalue weighted by atomic mass is 32.2. The lowest BCUT2D eigenvalue weighted by Crippen LogP contribution is -2.33. The molecule has 1 amide bonds. The van der Waals surface area contributed by atoms with Gasteiger partial charge in [-0.1, -0.05) is 11.8 Å². The molecule has 0 bridgehead atoms. The number of aromatic nitrogens is 4. The highest BCUT2D eigenvalue weighted by Gasteiger charge is 2.12. The van der Waals surface area contributed by atoms with Crippen LogP contribution in [0, 0.1) is 6.92 Å². The van der Waals surface area contributed by atoms with Crippen LogP contribution in [0.1, 0.15) is 11.5 Å². The Bertz CT molecular complexity index is 1130. The summed E-state index contributed by atoms with van der Waals surface area (Å²) in [5, 5.41) is 2.83. The molecular weight excluding hydrogens is 374 g/mol. The second-order valence-corrected chi connectivity index (χ2v) is 6.48. The highest BCUT2D eigenvalue weighted by Crippen LogP contribution is 2.12. The Morgan fingerprint density at radius 1 is 1.26 bits per heavy atom. The normalized spacial score (nSPS) is 10.7. The maximum Gasteiger partial charge on any atom is 0.330 e. The summed E-state index contributed by atoms with van der Waals surface area (Å²) in [4.78, 5) is 56.1. The van der Waals surface area contributed by atoms with Gasteiger partial charge in [-0.2, -0.15) is 0 Å². The van der Waals surface area contributed by atoms with Crippen molar-refractivity contribution in [1.82, 2.24) is 19.5 Å². The maximum atomic E-state index is 12.2. The van der Waals surface area contributed by atoms with Crippen LogP contribution < -0.4 is 22.1 Å². The van der Waals surface area contributed by atoms with Crippen molar-refractivity contribution in [1.29, 1.82) is 0 Å². The first kappa shape index (κ1) is 18.5. The first-order valence-electron chi connectivity index (χ1n) is 7.78. The lowest BCUT2D eigenvalue weighted by molar-refractivity contribution is -0.113. The van der Waals surface area contributed by atoms with Crippen molar-refractivity contribution in [2.24, 2.45) is 0 Å². The Morgan fingerprint density at radius 2 is 2.04 bits per heavy atom. The standard InChI is InChI=1S/C16H15N5O5S/c1-9-5-12(22)19-15(17-9)27-8-14(24)18-11-6-13(23)20-16(25)21(11)7-10-3-2-4-26-10/h2-6H,7-8H2,1H3,(H,18,24)(H,17,19,22)(H,20,23,25). The zero-order valence-corrected chi connectivity index (χ0v) is 15.0. The van der Waals surface area contributed by atoms with Crippen LogP contribution in [0.2, 0.25) is 0 Å². The lowest BCUT2D eigenvalue weighted by atomic mass is 10.4. The molecule has 3 aromatic rings. The summed E-state index contributed by atoms with van der Waals surface area (Å²) >= 11 is 1.03. The first-order chi connectivity index (χ1) is 12.9. The van der Waals surface area contributed by atoms with E-state index in [2.05, 4.69) is 20.3 Å². The summed E-state index contributed by atoms with van der Waals surface area (Å²) in [6.07, 6.45) is 1.45. The van der Waals surface area contributed by atoms with E-state index in [-0.39, 0.29) is 23.7 Å². The minimum absolute atomic E-state index is 0.0384. The van der Waals surface area contributed by atoms with Gasteiger partial charge in [0, 0.05) is 17.8 Å². The summed E-state index contributed by atoms with van der Waals surface area (Å²) in [5.41, 5.74) is -1.09. The van der Waals surface area contributed by atoms with E-state index in [0.29, 0.717) is 16.6 Å². The summed E-state index contributed by atoms with van der Waals surface area (Å²) in [6.45, 7) is 1.71. The fourth-order valence-electron chi connectivity index (χ4n) is 2.27.